The first-order valence-corrected chi connectivity index (χ1v) is 6.17. The van der Waals surface area contributed by atoms with Crippen molar-refractivity contribution >= 4 is 5.90 Å². The van der Waals surface area contributed by atoms with Gasteiger partial charge >= 0.3 is 0 Å². The molecule has 0 unspecified atom stereocenters. The van der Waals surface area contributed by atoms with Crippen molar-refractivity contribution in [1.29, 1.82) is 0 Å². The molecule has 1 rings (SSSR count). The number of hydrogen-bond donors (Lipinski definition) is 0. The molecule has 0 bridgehead atoms. The minimum absolute atomic E-state index is 0.0200. The summed E-state index contributed by atoms with van der Waals surface area (Å²) in [5.74, 6) is 0.949. The summed E-state index contributed by atoms with van der Waals surface area (Å²) in [4.78, 5) is 4.59. The standard InChI is InChI=1S/C13H25NO/c1-6-8-13(9-7-2)10-14-11(15-13)12(3,4)5/h6-10H2,1-5H3. The highest BCUT2D eigenvalue weighted by Crippen LogP contribution is 2.34. The summed E-state index contributed by atoms with van der Waals surface area (Å²) < 4.78 is 6.14. The van der Waals surface area contributed by atoms with Gasteiger partial charge in [0.2, 0.25) is 0 Å². The van der Waals surface area contributed by atoms with E-state index in [0.29, 0.717) is 0 Å². The lowest BCUT2D eigenvalue weighted by molar-refractivity contribution is 0.0556. The van der Waals surface area contributed by atoms with Gasteiger partial charge in [-0.15, -0.1) is 0 Å². The van der Waals surface area contributed by atoms with Gasteiger partial charge in [-0.1, -0.05) is 47.5 Å². The molecule has 0 amide bonds. The third-order valence-electron chi connectivity index (χ3n) is 2.88. The highest BCUT2D eigenvalue weighted by Gasteiger charge is 2.39. The number of aliphatic imine (C=N–C) groups is 1. The summed E-state index contributed by atoms with van der Waals surface area (Å²) in [5, 5.41) is 0. The van der Waals surface area contributed by atoms with E-state index in [2.05, 4.69) is 39.6 Å². The highest BCUT2D eigenvalue weighted by atomic mass is 16.5. The van der Waals surface area contributed by atoms with Gasteiger partial charge in [-0.05, 0) is 12.8 Å². The zero-order valence-corrected chi connectivity index (χ0v) is 10.9. The van der Waals surface area contributed by atoms with Crippen molar-refractivity contribution in [1.82, 2.24) is 0 Å². The summed E-state index contributed by atoms with van der Waals surface area (Å²) in [6.45, 7) is 11.8. The Hall–Kier alpha value is -0.530. The summed E-state index contributed by atoms with van der Waals surface area (Å²) in [6.07, 6.45) is 4.60. The van der Waals surface area contributed by atoms with Crippen LogP contribution in [0.15, 0.2) is 4.99 Å². The summed E-state index contributed by atoms with van der Waals surface area (Å²) in [7, 11) is 0. The van der Waals surface area contributed by atoms with E-state index in [9.17, 15) is 0 Å². The summed E-state index contributed by atoms with van der Waals surface area (Å²) in [6, 6.07) is 0. The molecular weight excluding hydrogens is 186 g/mol. The number of hydrogen-bond acceptors (Lipinski definition) is 2. The first-order chi connectivity index (χ1) is 6.93. The molecule has 0 radical (unpaired) electrons. The maximum Gasteiger partial charge on any atom is 0.189 e. The molecule has 2 heteroatoms. The Balaban J connectivity index is 2.68. The van der Waals surface area contributed by atoms with Crippen LogP contribution in [0.3, 0.4) is 0 Å². The van der Waals surface area contributed by atoms with Crippen molar-refractivity contribution in [3.8, 4) is 0 Å². The molecule has 0 aromatic heterocycles. The lowest BCUT2D eigenvalue weighted by atomic mass is 9.92. The van der Waals surface area contributed by atoms with Crippen LogP contribution in [0.1, 0.15) is 60.3 Å². The molecule has 0 aromatic carbocycles. The van der Waals surface area contributed by atoms with Crippen LogP contribution in [0, 0.1) is 5.41 Å². The van der Waals surface area contributed by atoms with Gasteiger partial charge < -0.3 is 4.74 Å². The number of nitrogens with zero attached hydrogens (tertiary/aromatic N) is 1. The van der Waals surface area contributed by atoms with E-state index in [1.165, 1.54) is 12.8 Å². The third-order valence-corrected chi connectivity index (χ3v) is 2.88. The third kappa shape index (κ3) is 2.96. The molecule has 1 heterocycles. The van der Waals surface area contributed by atoms with Gasteiger partial charge in [0, 0.05) is 5.41 Å². The molecule has 0 saturated heterocycles. The monoisotopic (exact) mass is 211 g/mol. The molecule has 0 aromatic rings. The second-order valence-corrected chi connectivity index (χ2v) is 5.66. The van der Waals surface area contributed by atoms with Crippen LogP contribution >= 0.6 is 0 Å². The van der Waals surface area contributed by atoms with Gasteiger partial charge in [0.1, 0.15) is 5.60 Å². The van der Waals surface area contributed by atoms with Crippen molar-refractivity contribution in [2.24, 2.45) is 10.4 Å². The molecule has 0 aliphatic carbocycles. The second kappa shape index (κ2) is 4.54. The summed E-state index contributed by atoms with van der Waals surface area (Å²) in [5.41, 5.74) is 0.0787. The average Bonchev–Trinajstić information content (AvgIpc) is 2.50. The lowest BCUT2D eigenvalue weighted by Crippen LogP contribution is -2.35. The van der Waals surface area contributed by atoms with Crippen molar-refractivity contribution in [2.45, 2.75) is 65.9 Å². The van der Waals surface area contributed by atoms with E-state index in [-0.39, 0.29) is 11.0 Å². The fourth-order valence-electron chi connectivity index (χ4n) is 2.17. The van der Waals surface area contributed by atoms with E-state index in [1.807, 2.05) is 0 Å². The predicted octanol–water partition coefficient (Wildman–Crippen LogP) is 3.80. The van der Waals surface area contributed by atoms with E-state index in [0.717, 1.165) is 25.3 Å². The predicted molar refractivity (Wildman–Crippen MR) is 65.4 cm³/mol. The van der Waals surface area contributed by atoms with Gasteiger partial charge in [0.15, 0.2) is 5.90 Å². The zero-order chi connectivity index (χ0) is 11.5. The number of rotatable bonds is 4. The molecule has 2 nitrogen and oxygen atoms in total. The van der Waals surface area contributed by atoms with Gasteiger partial charge in [0.25, 0.3) is 0 Å². The SMILES string of the molecule is CCCC1(CCC)CN=C(C(C)(C)C)O1. The zero-order valence-electron chi connectivity index (χ0n) is 10.9. The molecule has 15 heavy (non-hydrogen) atoms. The Morgan fingerprint density at radius 3 is 2.07 bits per heavy atom. The molecular formula is C13H25NO. The largest absolute Gasteiger partial charge is 0.472 e. The van der Waals surface area contributed by atoms with Gasteiger partial charge in [0.05, 0.1) is 6.54 Å². The van der Waals surface area contributed by atoms with E-state index < -0.39 is 0 Å². The molecule has 0 fully saturated rings. The molecule has 0 atom stereocenters. The van der Waals surface area contributed by atoms with Crippen LogP contribution in [0.4, 0.5) is 0 Å². The van der Waals surface area contributed by atoms with Crippen molar-refractivity contribution in [2.75, 3.05) is 6.54 Å². The van der Waals surface area contributed by atoms with Crippen molar-refractivity contribution < 1.29 is 4.74 Å². The summed E-state index contributed by atoms with van der Waals surface area (Å²) >= 11 is 0. The van der Waals surface area contributed by atoms with Crippen molar-refractivity contribution in [3.05, 3.63) is 0 Å². The normalized spacial score (nSPS) is 19.9. The first-order valence-electron chi connectivity index (χ1n) is 6.17. The van der Waals surface area contributed by atoms with E-state index >= 15 is 0 Å². The maximum atomic E-state index is 6.14. The minimum atomic E-state index is 0.0200. The Kier molecular flexibility index (Phi) is 3.80. The quantitative estimate of drug-likeness (QED) is 0.693. The fraction of sp³-hybridized carbons (Fsp3) is 0.923. The van der Waals surface area contributed by atoms with Crippen LogP contribution < -0.4 is 0 Å². The Morgan fingerprint density at radius 2 is 1.73 bits per heavy atom. The highest BCUT2D eigenvalue weighted by molar-refractivity contribution is 5.83. The molecule has 88 valence electrons. The first kappa shape index (κ1) is 12.5. The van der Waals surface area contributed by atoms with Gasteiger partial charge in [-0.3, -0.25) is 4.99 Å². The topological polar surface area (TPSA) is 21.6 Å². The van der Waals surface area contributed by atoms with Crippen LogP contribution in [0.25, 0.3) is 0 Å². The molecule has 0 N–H and O–H groups in total. The molecule has 1 aliphatic rings. The van der Waals surface area contributed by atoms with Gasteiger partial charge in [-0.25, -0.2) is 0 Å². The smallest absolute Gasteiger partial charge is 0.189 e. The van der Waals surface area contributed by atoms with Crippen molar-refractivity contribution in [3.63, 3.8) is 0 Å². The fourth-order valence-corrected chi connectivity index (χ4v) is 2.17. The second-order valence-electron chi connectivity index (χ2n) is 5.66. The number of ether oxygens (including phenoxy) is 1. The van der Waals surface area contributed by atoms with Crippen LogP contribution in [-0.4, -0.2) is 18.0 Å². The average molecular weight is 211 g/mol. The van der Waals surface area contributed by atoms with Crippen LogP contribution in [0.5, 0.6) is 0 Å². The minimum Gasteiger partial charge on any atom is -0.472 e. The van der Waals surface area contributed by atoms with E-state index in [1.54, 1.807) is 0 Å². The lowest BCUT2D eigenvalue weighted by Gasteiger charge is -2.30. The maximum absolute atomic E-state index is 6.14. The van der Waals surface area contributed by atoms with Crippen LogP contribution in [-0.2, 0) is 4.74 Å². The van der Waals surface area contributed by atoms with E-state index in [4.69, 9.17) is 4.74 Å². The van der Waals surface area contributed by atoms with Gasteiger partial charge in [-0.2, -0.15) is 0 Å². The molecule has 0 saturated carbocycles. The molecule has 0 spiro atoms. The molecule has 1 aliphatic heterocycles. The van der Waals surface area contributed by atoms with Crippen LogP contribution in [0.2, 0.25) is 0 Å². The Labute approximate surface area is 94.1 Å². The Morgan fingerprint density at radius 1 is 1.20 bits per heavy atom. The Bertz CT molecular complexity index is 231.